The maximum atomic E-state index is 12.8. The van der Waals surface area contributed by atoms with E-state index in [9.17, 15) is 9.59 Å². The molecule has 0 radical (unpaired) electrons. The number of amides is 1. The van der Waals surface area contributed by atoms with Crippen molar-refractivity contribution < 1.29 is 9.59 Å². The van der Waals surface area contributed by atoms with E-state index < -0.39 is 0 Å². The number of benzene rings is 1. The highest BCUT2D eigenvalue weighted by molar-refractivity contribution is 5.97. The Balaban J connectivity index is 1.24. The number of aryl methyl sites for hydroxylation is 1. The fourth-order valence-electron chi connectivity index (χ4n) is 4.22. The van der Waals surface area contributed by atoms with Crippen molar-refractivity contribution in [2.75, 3.05) is 26.2 Å². The largest absolute Gasteiger partial charge is 0.371 e. The van der Waals surface area contributed by atoms with Gasteiger partial charge in [-0.25, -0.2) is 0 Å². The summed E-state index contributed by atoms with van der Waals surface area (Å²) in [4.78, 5) is 29.5. The van der Waals surface area contributed by atoms with Crippen LogP contribution in [0, 0.1) is 12.8 Å². The van der Waals surface area contributed by atoms with E-state index in [4.69, 9.17) is 0 Å². The molecule has 0 atom stereocenters. The Bertz CT molecular complexity index is 812. The zero-order chi connectivity index (χ0) is 19.5. The van der Waals surface area contributed by atoms with Gasteiger partial charge in [0.15, 0.2) is 5.78 Å². The van der Waals surface area contributed by atoms with Crippen LogP contribution < -0.4 is 0 Å². The molecule has 4 heteroatoms. The van der Waals surface area contributed by atoms with E-state index in [0.717, 1.165) is 61.6 Å². The minimum Gasteiger partial charge on any atom is -0.371 e. The van der Waals surface area contributed by atoms with Crippen molar-refractivity contribution in [1.29, 1.82) is 0 Å². The van der Waals surface area contributed by atoms with Crippen LogP contribution in [0.2, 0.25) is 0 Å². The monoisotopic (exact) mass is 378 g/mol. The number of ketones is 1. The molecular formula is C24H30N2O2. The highest BCUT2D eigenvalue weighted by Crippen LogP contribution is 2.34. The molecule has 0 N–H and O–H groups in total. The van der Waals surface area contributed by atoms with Gasteiger partial charge in [0.25, 0.3) is 5.91 Å². The van der Waals surface area contributed by atoms with Crippen molar-refractivity contribution in [3.8, 4) is 0 Å². The lowest BCUT2D eigenvalue weighted by Crippen LogP contribution is -2.48. The number of rotatable bonds is 7. The van der Waals surface area contributed by atoms with E-state index in [1.165, 1.54) is 25.0 Å². The third-order valence-corrected chi connectivity index (χ3v) is 6.27. The molecule has 4 nitrogen and oxygen atoms in total. The van der Waals surface area contributed by atoms with Gasteiger partial charge >= 0.3 is 0 Å². The second-order valence-electron chi connectivity index (χ2n) is 8.38. The Morgan fingerprint density at radius 2 is 1.79 bits per heavy atom. The van der Waals surface area contributed by atoms with Gasteiger partial charge in [-0.05, 0) is 37.0 Å². The molecule has 1 heterocycles. The summed E-state index contributed by atoms with van der Waals surface area (Å²) in [7, 11) is 0. The molecule has 0 unspecified atom stereocenters. The molecular weight excluding hydrogens is 348 g/mol. The zero-order valence-electron chi connectivity index (χ0n) is 16.8. The van der Waals surface area contributed by atoms with Gasteiger partial charge < -0.3 is 9.80 Å². The number of hydrogen-bond donors (Lipinski definition) is 0. The topological polar surface area (TPSA) is 40.6 Å². The third-order valence-electron chi connectivity index (χ3n) is 6.27. The van der Waals surface area contributed by atoms with Crippen molar-refractivity contribution in [2.24, 2.45) is 5.92 Å². The summed E-state index contributed by atoms with van der Waals surface area (Å²) >= 11 is 0. The summed E-state index contributed by atoms with van der Waals surface area (Å²) < 4.78 is 0. The van der Waals surface area contributed by atoms with Gasteiger partial charge in [0, 0.05) is 55.9 Å². The summed E-state index contributed by atoms with van der Waals surface area (Å²) in [5.41, 5.74) is 4.02. The van der Waals surface area contributed by atoms with E-state index in [-0.39, 0.29) is 5.91 Å². The van der Waals surface area contributed by atoms with Crippen LogP contribution in [0.4, 0.5) is 0 Å². The first-order chi connectivity index (χ1) is 13.6. The lowest BCUT2D eigenvalue weighted by Gasteiger charge is -2.37. The predicted molar refractivity (Wildman–Crippen MR) is 111 cm³/mol. The lowest BCUT2D eigenvalue weighted by molar-refractivity contribution is -0.115. The van der Waals surface area contributed by atoms with Crippen molar-refractivity contribution in [3.63, 3.8) is 0 Å². The molecule has 3 aliphatic rings. The lowest BCUT2D eigenvalue weighted by atomic mass is 10.0. The van der Waals surface area contributed by atoms with Gasteiger partial charge in [0.2, 0.25) is 0 Å². The van der Waals surface area contributed by atoms with Crippen molar-refractivity contribution in [2.45, 2.75) is 45.4 Å². The Kier molecular flexibility index (Phi) is 5.65. The number of carbonyl (C=O) groups is 2. The second kappa shape index (κ2) is 8.34. The first-order valence-corrected chi connectivity index (χ1v) is 10.6. The quantitative estimate of drug-likeness (QED) is 0.717. The Labute approximate surface area is 167 Å². The Morgan fingerprint density at radius 1 is 1.04 bits per heavy atom. The average molecular weight is 379 g/mol. The van der Waals surface area contributed by atoms with Crippen LogP contribution in [0.15, 0.2) is 47.7 Å². The molecule has 1 amide bonds. The molecule has 1 saturated carbocycles. The number of allylic oxidation sites excluding steroid dienone is 3. The molecule has 1 aromatic rings. The smallest absolute Gasteiger partial charge is 0.254 e. The van der Waals surface area contributed by atoms with Crippen LogP contribution in [-0.2, 0) is 4.79 Å². The highest BCUT2D eigenvalue weighted by atomic mass is 16.2. The molecule has 28 heavy (non-hydrogen) atoms. The molecule has 0 spiro atoms. The van der Waals surface area contributed by atoms with E-state index in [2.05, 4.69) is 11.0 Å². The van der Waals surface area contributed by atoms with Gasteiger partial charge in [0.05, 0.1) is 0 Å². The van der Waals surface area contributed by atoms with Gasteiger partial charge in [-0.2, -0.15) is 0 Å². The van der Waals surface area contributed by atoms with Crippen LogP contribution in [0.5, 0.6) is 0 Å². The second-order valence-corrected chi connectivity index (χ2v) is 8.38. The molecule has 1 aromatic carbocycles. The van der Waals surface area contributed by atoms with Gasteiger partial charge in [-0.1, -0.05) is 43.5 Å². The van der Waals surface area contributed by atoms with Crippen molar-refractivity contribution in [1.82, 2.24) is 9.80 Å². The SMILES string of the molecule is Cc1ccccc1C(=O)N1CCN(C2=CC=C(C(=O)CCCC3CC3)C2)CC1. The van der Waals surface area contributed by atoms with Crippen molar-refractivity contribution >= 4 is 11.7 Å². The molecule has 1 aliphatic heterocycles. The van der Waals surface area contributed by atoms with Crippen LogP contribution in [-0.4, -0.2) is 47.7 Å². The summed E-state index contributed by atoms with van der Waals surface area (Å²) in [6, 6.07) is 7.79. The fraction of sp³-hybridized carbons (Fsp3) is 0.500. The van der Waals surface area contributed by atoms with E-state index in [1.807, 2.05) is 42.2 Å². The highest BCUT2D eigenvalue weighted by Gasteiger charge is 2.26. The van der Waals surface area contributed by atoms with Gasteiger partial charge in [0.1, 0.15) is 0 Å². The zero-order valence-corrected chi connectivity index (χ0v) is 16.8. The summed E-state index contributed by atoms with van der Waals surface area (Å²) in [6.45, 7) is 5.12. The van der Waals surface area contributed by atoms with Crippen LogP contribution in [0.1, 0.15) is 54.4 Å². The van der Waals surface area contributed by atoms with E-state index >= 15 is 0 Å². The Hall–Kier alpha value is -2.36. The minimum atomic E-state index is 0.128. The molecule has 2 fully saturated rings. The predicted octanol–water partition coefficient (Wildman–Crippen LogP) is 4.12. The standard InChI is InChI=1S/C24H30N2O2/c1-18-5-2-3-7-22(18)24(28)26-15-13-25(14-16-26)21-12-11-20(17-21)23(27)8-4-6-19-9-10-19/h2-3,5,7,11-12,19H,4,6,8-10,13-17H2,1H3. The maximum Gasteiger partial charge on any atom is 0.254 e. The van der Waals surface area contributed by atoms with Crippen LogP contribution in [0.3, 0.4) is 0 Å². The first-order valence-electron chi connectivity index (χ1n) is 10.6. The average Bonchev–Trinajstić information content (AvgIpc) is 3.40. The number of Topliss-reactive ketones (excluding diaryl/α,β-unsaturated/α-hetero) is 1. The molecule has 0 aromatic heterocycles. The molecule has 1 saturated heterocycles. The molecule has 148 valence electrons. The van der Waals surface area contributed by atoms with E-state index in [0.29, 0.717) is 12.2 Å². The summed E-state index contributed by atoms with van der Waals surface area (Å²) in [5.74, 6) is 1.35. The van der Waals surface area contributed by atoms with Crippen LogP contribution >= 0.6 is 0 Å². The first kappa shape index (κ1) is 19.0. The van der Waals surface area contributed by atoms with Gasteiger partial charge in [-0.3, -0.25) is 9.59 Å². The fourth-order valence-corrected chi connectivity index (χ4v) is 4.22. The number of hydrogen-bond acceptors (Lipinski definition) is 3. The Morgan fingerprint density at radius 3 is 2.50 bits per heavy atom. The number of carbonyl (C=O) groups excluding carboxylic acids is 2. The van der Waals surface area contributed by atoms with E-state index in [1.54, 1.807) is 0 Å². The van der Waals surface area contributed by atoms with Crippen molar-refractivity contribution in [3.05, 3.63) is 58.8 Å². The van der Waals surface area contributed by atoms with Crippen LogP contribution in [0.25, 0.3) is 0 Å². The molecule has 4 rings (SSSR count). The summed E-state index contributed by atoms with van der Waals surface area (Å²) in [6.07, 6.45) is 10.6. The minimum absolute atomic E-state index is 0.128. The third kappa shape index (κ3) is 4.37. The van der Waals surface area contributed by atoms with Gasteiger partial charge in [-0.15, -0.1) is 0 Å². The normalized spacial score (nSPS) is 19.5. The molecule has 0 bridgehead atoms. The number of nitrogens with zero attached hydrogens (tertiary/aromatic N) is 2. The summed E-state index contributed by atoms with van der Waals surface area (Å²) in [5, 5.41) is 0. The molecule has 2 aliphatic carbocycles. The number of piperazine rings is 1. The maximum absolute atomic E-state index is 12.8.